The minimum atomic E-state index is -0.163. The third kappa shape index (κ3) is 2.52. The van der Waals surface area contributed by atoms with Gasteiger partial charge in [-0.05, 0) is 31.5 Å². The summed E-state index contributed by atoms with van der Waals surface area (Å²) in [4.78, 5) is 20.6. The standard InChI is InChI=1S/C13H13ClN4O/c14-11-12(18-13(19)10-6-3-7-15-10)17-9-5-2-1-4-8(9)16-11/h1-2,4-5,10,15H,3,6-7H2,(H,17,18,19)/t10-/m0/s1. The lowest BCUT2D eigenvalue weighted by Gasteiger charge is -2.11. The first-order valence-corrected chi connectivity index (χ1v) is 6.58. The predicted octanol–water partition coefficient (Wildman–Crippen LogP) is 1.97. The normalized spacial score (nSPS) is 18.7. The van der Waals surface area contributed by atoms with Crippen LogP contribution in [0.5, 0.6) is 0 Å². The second-order valence-corrected chi connectivity index (χ2v) is 4.85. The molecule has 0 bridgehead atoms. The number of anilines is 1. The fourth-order valence-corrected chi connectivity index (χ4v) is 2.35. The van der Waals surface area contributed by atoms with Crippen molar-refractivity contribution in [3.63, 3.8) is 0 Å². The van der Waals surface area contributed by atoms with E-state index in [1.54, 1.807) is 0 Å². The predicted molar refractivity (Wildman–Crippen MR) is 74.2 cm³/mol. The van der Waals surface area contributed by atoms with Crippen LogP contribution in [0.4, 0.5) is 5.82 Å². The lowest BCUT2D eigenvalue weighted by molar-refractivity contribution is -0.117. The molecular formula is C13H13ClN4O. The smallest absolute Gasteiger partial charge is 0.242 e. The summed E-state index contributed by atoms with van der Waals surface area (Å²) in [5.41, 5.74) is 1.42. The van der Waals surface area contributed by atoms with Crippen molar-refractivity contribution in [2.24, 2.45) is 0 Å². The van der Waals surface area contributed by atoms with E-state index >= 15 is 0 Å². The molecule has 98 valence electrons. The number of benzene rings is 1. The van der Waals surface area contributed by atoms with Gasteiger partial charge in [0.1, 0.15) is 0 Å². The third-order valence-corrected chi connectivity index (χ3v) is 3.41. The average molecular weight is 277 g/mol. The maximum absolute atomic E-state index is 12.0. The molecule has 0 unspecified atom stereocenters. The van der Waals surface area contributed by atoms with E-state index in [0.29, 0.717) is 16.9 Å². The van der Waals surface area contributed by atoms with Crippen LogP contribution in [0.25, 0.3) is 11.0 Å². The van der Waals surface area contributed by atoms with E-state index in [-0.39, 0.29) is 17.1 Å². The van der Waals surface area contributed by atoms with Gasteiger partial charge in [0, 0.05) is 0 Å². The Balaban J connectivity index is 1.87. The summed E-state index contributed by atoms with van der Waals surface area (Å²) in [5, 5.41) is 6.08. The maximum Gasteiger partial charge on any atom is 0.242 e. The molecule has 2 heterocycles. The van der Waals surface area contributed by atoms with Crippen LogP contribution < -0.4 is 10.6 Å². The van der Waals surface area contributed by atoms with E-state index in [9.17, 15) is 4.79 Å². The highest BCUT2D eigenvalue weighted by Crippen LogP contribution is 2.21. The van der Waals surface area contributed by atoms with Crippen molar-refractivity contribution >= 4 is 34.4 Å². The Morgan fingerprint density at radius 3 is 2.74 bits per heavy atom. The monoisotopic (exact) mass is 276 g/mol. The van der Waals surface area contributed by atoms with Crippen LogP contribution in [0.1, 0.15) is 12.8 Å². The molecule has 2 aromatic rings. The molecule has 5 nitrogen and oxygen atoms in total. The number of aromatic nitrogens is 2. The van der Waals surface area contributed by atoms with Crippen LogP contribution >= 0.6 is 11.6 Å². The number of hydrogen-bond donors (Lipinski definition) is 2. The number of nitrogens with zero attached hydrogens (tertiary/aromatic N) is 2. The number of nitrogens with one attached hydrogen (secondary N) is 2. The first kappa shape index (κ1) is 12.3. The van der Waals surface area contributed by atoms with Gasteiger partial charge in [-0.25, -0.2) is 9.97 Å². The molecule has 1 atom stereocenters. The molecule has 0 radical (unpaired) electrons. The lowest BCUT2D eigenvalue weighted by atomic mass is 10.2. The minimum Gasteiger partial charge on any atom is -0.307 e. The van der Waals surface area contributed by atoms with Crippen LogP contribution in [0.3, 0.4) is 0 Å². The van der Waals surface area contributed by atoms with E-state index in [2.05, 4.69) is 20.6 Å². The number of hydrogen-bond acceptors (Lipinski definition) is 4. The number of halogens is 1. The van der Waals surface area contributed by atoms with Gasteiger partial charge in [0.05, 0.1) is 17.1 Å². The summed E-state index contributed by atoms with van der Waals surface area (Å²) < 4.78 is 0. The molecule has 2 N–H and O–H groups in total. The molecule has 1 fully saturated rings. The molecule has 1 aromatic carbocycles. The topological polar surface area (TPSA) is 66.9 Å². The zero-order chi connectivity index (χ0) is 13.2. The zero-order valence-corrected chi connectivity index (χ0v) is 10.9. The summed E-state index contributed by atoms with van der Waals surface area (Å²) in [5.74, 6) is 0.211. The molecule has 0 spiro atoms. The van der Waals surface area contributed by atoms with Crippen molar-refractivity contribution in [2.45, 2.75) is 18.9 Å². The Hall–Kier alpha value is -1.72. The number of carbonyl (C=O) groups excluding carboxylic acids is 1. The molecule has 6 heteroatoms. The molecule has 1 aliphatic heterocycles. The van der Waals surface area contributed by atoms with Crippen LogP contribution in [0.15, 0.2) is 24.3 Å². The molecule has 1 amide bonds. The van der Waals surface area contributed by atoms with Gasteiger partial charge < -0.3 is 10.6 Å². The number of fused-ring (bicyclic) bond motifs is 1. The Morgan fingerprint density at radius 1 is 1.32 bits per heavy atom. The van der Waals surface area contributed by atoms with Crippen LogP contribution in [0.2, 0.25) is 5.15 Å². The van der Waals surface area contributed by atoms with E-state index in [0.717, 1.165) is 19.4 Å². The summed E-state index contributed by atoms with van der Waals surface area (Å²) in [6.07, 6.45) is 1.85. The van der Waals surface area contributed by atoms with Crippen molar-refractivity contribution in [3.8, 4) is 0 Å². The molecule has 3 rings (SSSR count). The highest BCUT2D eigenvalue weighted by Gasteiger charge is 2.23. The SMILES string of the molecule is O=C(Nc1nc2ccccc2nc1Cl)[C@@H]1CCCN1. The van der Waals surface area contributed by atoms with E-state index in [1.807, 2.05) is 24.3 Å². The first-order chi connectivity index (χ1) is 9.24. The second kappa shape index (κ2) is 5.11. The largest absolute Gasteiger partial charge is 0.307 e. The fraction of sp³-hybridized carbons (Fsp3) is 0.308. The highest BCUT2D eigenvalue weighted by molar-refractivity contribution is 6.32. The van der Waals surface area contributed by atoms with Gasteiger partial charge in [-0.3, -0.25) is 4.79 Å². The highest BCUT2D eigenvalue weighted by atomic mass is 35.5. The van der Waals surface area contributed by atoms with Gasteiger partial charge in [-0.15, -0.1) is 0 Å². The van der Waals surface area contributed by atoms with E-state index in [4.69, 9.17) is 11.6 Å². The molecule has 19 heavy (non-hydrogen) atoms. The molecule has 1 aliphatic rings. The van der Waals surface area contributed by atoms with E-state index in [1.165, 1.54) is 0 Å². The summed E-state index contributed by atoms with van der Waals surface area (Å²) >= 11 is 6.05. The van der Waals surface area contributed by atoms with Crippen molar-refractivity contribution < 1.29 is 4.79 Å². The Labute approximate surface area is 115 Å². The van der Waals surface area contributed by atoms with Crippen LogP contribution in [0, 0.1) is 0 Å². The van der Waals surface area contributed by atoms with Crippen LogP contribution in [-0.4, -0.2) is 28.5 Å². The quantitative estimate of drug-likeness (QED) is 0.880. The number of carbonyl (C=O) groups is 1. The van der Waals surface area contributed by atoms with Crippen molar-refractivity contribution in [3.05, 3.63) is 29.4 Å². The fourth-order valence-electron chi connectivity index (χ4n) is 2.17. The summed E-state index contributed by atoms with van der Waals surface area (Å²) in [6.45, 7) is 0.870. The van der Waals surface area contributed by atoms with Crippen molar-refractivity contribution in [1.29, 1.82) is 0 Å². The Kier molecular flexibility index (Phi) is 3.31. The first-order valence-electron chi connectivity index (χ1n) is 6.20. The lowest BCUT2D eigenvalue weighted by Crippen LogP contribution is -2.35. The van der Waals surface area contributed by atoms with Crippen LogP contribution in [-0.2, 0) is 4.79 Å². The summed E-state index contributed by atoms with van der Waals surface area (Å²) in [6, 6.07) is 7.24. The van der Waals surface area contributed by atoms with Gasteiger partial charge in [-0.1, -0.05) is 23.7 Å². The Bertz CT molecular complexity index is 625. The molecule has 1 saturated heterocycles. The molecule has 0 saturated carbocycles. The van der Waals surface area contributed by atoms with Gasteiger partial charge >= 0.3 is 0 Å². The number of rotatable bonds is 2. The average Bonchev–Trinajstić information content (AvgIpc) is 2.93. The third-order valence-electron chi connectivity index (χ3n) is 3.15. The zero-order valence-electron chi connectivity index (χ0n) is 10.2. The second-order valence-electron chi connectivity index (χ2n) is 4.49. The van der Waals surface area contributed by atoms with Gasteiger partial charge in [0.2, 0.25) is 5.91 Å². The van der Waals surface area contributed by atoms with E-state index < -0.39 is 0 Å². The van der Waals surface area contributed by atoms with Gasteiger partial charge in [0.15, 0.2) is 11.0 Å². The summed E-state index contributed by atoms with van der Waals surface area (Å²) in [7, 11) is 0. The number of amides is 1. The minimum absolute atomic E-state index is 0.107. The molecular weight excluding hydrogens is 264 g/mol. The maximum atomic E-state index is 12.0. The molecule has 0 aliphatic carbocycles. The molecule has 1 aromatic heterocycles. The van der Waals surface area contributed by atoms with Gasteiger partial charge in [0.25, 0.3) is 0 Å². The number of para-hydroxylation sites is 2. The van der Waals surface area contributed by atoms with Crippen molar-refractivity contribution in [1.82, 2.24) is 15.3 Å². The van der Waals surface area contributed by atoms with Gasteiger partial charge in [-0.2, -0.15) is 0 Å². The van der Waals surface area contributed by atoms with Crippen molar-refractivity contribution in [2.75, 3.05) is 11.9 Å². The Morgan fingerprint density at radius 2 is 2.05 bits per heavy atom.